The number of aliphatic hydroxyl groups excluding tert-OH is 1. The number of furan rings is 1. The van der Waals surface area contributed by atoms with E-state index in [1.807, 2.05) is 0 Å². The van der Waals surface area contributed by atoms with Crippen LogP contribution in [0.3, 0.4) is 0 Å². The third-order valence-corrected chi connectivity index (χ3v) is 2.31. The van der Waals surface area contributed by atoms with E-state index in [4.69, 9.17) is 9.52 Å². The van der Waals surface area contributed by atoms with Crippen LogP contribution in [0.4, 0.5) is 4.39 Å². The van der Waals surface area contributed by atoms with E-state index < -0.39 is 17.9 Å². The van der Waals surface area contributed by atoms with Gasteiger partial charge in [-0.1, -0.05) is 18.2 Å². The second-order valence-corrected chi connectivity index (χ2v) is 3.43. The standard InChI is InChI=1S/C12H9FO4/c13-8-4-2-1-3-7(8)11(14)9-5-6-10(17-9)12(15)16/h1-6,11,14H,(H,15,16). The monoisotopic (exact) mass is 236 g/mol. The van der Waals surface area contributed by atoms with Crippen LogP contribution < -0.4 is 0 Å². The summed E-state index contributed by atoms with van der Waals surface area (Å²) in [6, 6.07) is 8.20. The molecule has 1 unspecified atom stereocenters. The van der Waals surface area contributed by atoms with Crippen molar-refractivity contribution in [3.8, 4) is 0 Å². The first-order valence-electron chi connectivity index (χ1n) is 4.85. The molecule has 0 spiro atoms. The van der Waals surface area contributed by atoms with Crippen molar-refractivity contribution in [2.24, 2.45) is 0 Å². The quantitative estimate of drug-likeness (QED) is 0.857. The molecular formula is C12H9FO4. The Hall–Kier alpha value is -2.14. The molecular weight excluding hydrogens is 227 g/mol. The fourth-order valence-corrected chi connectivity index (χ4v) is 1.46. The molecule has 1 aromatic carbocycles. The van der Waals surface area contributed by atoms with Crippen LogP contribution in [0.2, 0.25) is 0 Å². The van der Waals surface area contributed by atoms with Crippen molar-refractivity contribution in [1.29, 1.82) is 0 Å². The summed E-state index contributed by atoms with van der Waals surface area (Å²) >= 11 is 0. The predicted octanol–water partition coefficient (Wildman–Crippen LogP) is 2.20. The predicted molar refractivity (Wildman–Crippen MR) is 56.1 cm³/mol. The molecule has 0 saturated carbocycles. The summed E-state index contributed by atoms with van der Waals surface area (Å²) in [7, 11) is 0. The van der Waals surface area contributed by atoms with Crippen molar-refractivity contribution in [2.75, 3.05) is 0 Å². The zero-order chi connectivity index (χ0) is 12.4. The van der Waals surface area contributed by atoms with Gasteiger partial charge in [-0.05, 0) is 18.2 Å². The minimum absolute atomic E-state index is 0.00694. The van der Waals surface area contributed by atoms with E-state index in [0.717, 1.165) is 0 Å². The Morgan fingerprint density at radius 3 is 2.53 bits per heavy atom. The van der Waals surface area contributed by atoms with Crippen LogP contribution in [0.25, 0.3) is 0 Å². The average Bonchev–Trinajstić information content (AvgIpc) is 2.78. The lowest BCUT2D eigenvalue weighted by molar-refractivity contribution is 0.0655. The molecule has 4 nitrogen and oxygen atoms in total. The molecule has 0 amide bonds. The third-order valence-electron chi connectivity index (χ3n) is 2.31. The highest BCUT2D eigenvalue weighted by Gasteiger charge is 2.19. The van der Waals surface area contributed by atoms with Gasteiger partial charge in [0, 0.05) is 5.56 Å². The maximum absolute atomic E-state index is 13.4. The van der Waals surface area contributed by atoms with Gasteiger partial charge in [0.05, 0.1) is 0 Å². The van der Waals surface area contributed by atoms with E-state index in [0.29, 0.717) is 0 Å². The van der Waals surface area contributed by atoms with Crippen LogP contribution in [0.5, 0.6) is 0 Å². The topological polar surface area (TPSA) is 70.7 Å². The van der Waals surface area contributed by atoms with E-state index in [-0.39, 0.29) is 17.1 Å². The molecule has 1 heterocycles. The number of carboxylic acid groups (broad SMARTS) is 1. The number of aromatic carboxylic acids is 1. The fraction of sp³-hybridized carbons (Fsp3) is 0.0833. The van der Waals surface area contributed by atoms with Crippen molar-refractivity contribution in [3.05, 3.63) is 59.3 Å². The number of aliphatic hydroxyl groups is 1. The summed E-state index contributed by atoms with van der Waals surface area (Å²) in [4.78, 5) is 10.6. The number of carboxylic acids is 1. The van der Waals surface area contributed by atoms with Gasteiger partial charge in [-0.25, -0.2) is 9.18 Å². The molecule has 5 heteroatoms. The highest BCUT2D eigenvalue weighted by molar-refractivity contribution is 5.84. The Balaban J connectivity index is 2.34. The van der Waals surface area contributed by atoms with Crippen LogP contribution in [0, 0.1) is 5.82 Å². The molecule has 0 aliphatic heterocycles. The molecule has 1 atom stereocenters. The second kappa shape index (κ2) is 4.39. The number of benzene rings is 1. The normalized spacial score (nSPS) is 12.4. The molecule has 2 rings (SSSR count). The molecule has 0 aliphatic carbocycles. The van der Waals surface area contributed by atoms with E-state index >= 15 is 0 Å². The molecule has 0 bridgehead atoms. The van der Waals surface area contributed by atoms with E-state index in [1.165, 1.54) is 30.3 Å². The Morgan fingerprint density at radius 2 is 1.94 bits per heavy atom. The molecule has 17 heavy (non-hydrogen) atoms. The average molecular weight is 236 g/mol. The van der Waals surface area contributed by atoms with Crippen LogP contribution >= 0.6 is 0 Å². The van der Waals surface area contributed by atoms with Gasteiger partial charge < -0.3 is 14.6 Å². The molecule has 2 N–H and O–H groups in total. The minimum Gasteiger partial charge on any atom is -0.475 e. The molecule has 0 fully saturated rings. The Labute approximate surface area is 95.9 Å². The minimum atomic E-state index is -1.32. The maximum atomic E-state index is 13.4. The lowest BCUT2D eigenvalue weighted by atomic mass is 10.1. The summed E-state index contributed by atoms with van der Waals surface area (Å²) in [5, 5.41) is 18.5. The van der Waals surface area contributed by atoms with Crippen LogP contribution in [-0.2, 0) is 0 Å². The lowest BCUT2D eigenvalue weighted by Gasteiger charge is -2.08. The number of rotatable bonds is 3. The van der Waals surface area contributed by atoms with E-state index in [9.17, 15) is 14.3 Å². The van der Waals surface area contributed by atoms with Crippen LogP contribution in [0.15, 0.2) is 40.8 Å². The Morgan fingerprint density at radius 1 is 1.24 bits per heavy atom. The molecule has 0 saturated heterocycles. The first-order chi connectivity index (χ1) is 8.09. The number of hydrogen-bond acceptors (Lipinski definition) is 3. The Kier molecular flexibility index (Phi) is 2.93. The summed E-state index contributed by atoms with van der Waals surface area (Å²) < 4.78 is 18.3. The zero-order valence-electron chi connectivity index (χ0n) is 8.63. The van der Waals surface area contributed by atoms with Crippen LogP contribution in [0.1, 0.15) is 28.0 Å². The van der Waals surface area contributed by atoms with Crippen molar-refractivity contribution in [2.45, 2.75) is 6.10 Å². The third kappa shape index (κ3) is 2.19. The van der Waals surface area contributed by atoms with Crippen molar-refractivity contribution < 1.29 is 23.8 Å². The summed E-state index contributed by atoms with van der Waals surface area (Å²) in [5.41, 5.74) is 0.0405. The van der Waals surface area contributed by atoms with Gasteiger partial charge in [-0.3, -0.25) is 0 Å². The van der Waals surface area contributed by atoms with Crippen molar-refractivity contribution in [3.63, 3.8) is 0 Å². The number of halogens is 1. The van der Waals surface area contributed by atoms with Gasteiger partial charge in [0.25, 0.3) is 0 Å². The van der Waals surface area contributed by atoms with Gasteiger partial charge in [-0.2, -0.15) is 0 Å². The van der Waals surface area contributed by atoms with Crippen molar-refractivity contribution >= 4 is 5.97 Å². The van der Waals surface area contributed by atoms with Crippen molar-refractivity contribution in [1.82, 2.24) is 0 Å². The lowest BCUT2D eigenvalue weighted by Crippen LogP contribution is -2.01. The van der Waals surface area contributed by atoms with Gasteiger partial charge in [-0.15, -0.1) is 0 Å². The largest absolute Gasteiger partial charge is 0.475 e. The van der Waals surface area contributed by atoms with E-state index in [2.05, 4.69) is 0 Å². The van der Waals surface area contributed by atoms with Gasteiger partial charge in [0.15, 0.2) is 0 Å². The maximum Gasteiger partial charge on any atom is 0.371 e. The number of hydrogen-bond donors (Lipinski definition) is 2. The molecule has 2 aromatic rings. The molecule has 0 radical (unpaired) electrons. The number of carbonyl (C=O) groups is 1. The van der Waals surface area contributed by atoms with Gasteiger partial charge >= 0.3 is 5.97 Å². The summed E-state index contributed by atoms with van der Waals surface area (Å²) in [6.07, 6.45) is -1.32. The second-order valence-electron chi connectivity index (χ2n) is 3.43. The first kappa shape index (κ1) is 11.3. The smallest absolute Gasteiger partial charge is 0.371 e. The fourth-order valence-electron chi connectivity index (χ4n) is 1.46. The summed E-state index contributed by atoms with van der Waals surface area (Å²) in [5.74, 6) is -2.12. The zero-order valence-corrected chi connectivity index (χ0v) is 8.63. The van der Waals surface area contributed by atoms with Gasteiger partial charge in [0.1, 0.15) is 17.7 Å². The first-order valence-corrected chi connectivity index (χ1v) is 4.85. The summed E-state index contributed by atoms with van der Waals surface area (Å²) in [6.45, 7) is 0. The Bertz CT molecular complexity index is 547. The molecule has 0 aliphatic rings. The van der Waals surface area contributed by atoms with Crippen LogP contribution in [-0.4, -0.2) is 16.2 Å². The van der Waals surface area contributed by atoms with E-state index in [1.54, 1.807) is 6.07 Å². The highest BCUT2D eigenvalue weighted by atomic mass is 19.1. The SMILES string of the molecule is O=C(O)c1ccc(C(O)c2ccccc2F)o1. The molecule has 1 aromatic heterocycles. The molecule has 88 valence electrons. The van der Waals surface area contributed by atoms with Gasteiger partial charge in [0.2, 0.25) is 5.76 Å². The highest BCUT2D eigenvalue weighted by Crippen LogP contribution is 2.25.